The highest BCUT2D eigenvalue weighted by Crippen LogP contribution is 3.13. The molecule has 13 aliphatic rings. The van der Waals surface area contributed by atoms with Crippen molar-refractivity contribution in [3.63, 3.8) is 0 Å². The Balaban J connectivity index is 1.34. The standard InChI is InChI=1S/C26H26O7/c1-29-19(27)21-11-5-6-12-7(11)9-15(21)25-17-10-8(13(5)23(17,21)31-3)14(6)24(32-4)18(10)26(25,33-25)16(9)22(12,24)20(28)30-2/h5-18H,1-4H3. The summed E-state index contributed by atoms with van der Waals surface area (Å²) >= 11 is 0. The highest BCUT2D eigenvalue weighted by atomic mass is 16.7. The number of epoxide rings is 1. The number of ether oxygens (including phenoxy) is 5. The number of methoxy groups -OCH3 is 4. The molecule has 13 fully saturated rings. The van der Waals surface area contributed by atoms with Crippen molar-refractivity contribution in [2.75, 3.05) is 28.4 Å². The molecule has 33 heavy (non-hydrogen) atoms. The predicted molar refractivity (Wildman–Crippen MR) is 104 cm³/mol. The Bertz CT molecular complexity index is 1170. The number of rotatable bonds is 4. The van der Waals surface area contributed by atoms with Gasteiger partial charge in [-0.05, 0) is 59.2 Å². The summed E-state index contributed by atoms with van der Waals surface area (Å²) in [5.41, 5.74) is -2.75. The predicted octanol–water partition coefficient (Wildman–Crippen LogP) is 0.360. The number of hydrogen-bond acceptors (Lipinski definition) is 7. The second-order valence-corrected chi connectivity index (χ2v) is 13.9. The van der Waals surface area contributed by atoms with Gasteiger partial charge in [-0.25, -0.2) is 0 Å². The van der Waals surface area contributed by atoms with E-state index in [1.807, 2.05) is 14.2 Å². The Morgan fingerprint density at radius 2 is 0.970 bits per heavy atom. The molecule has 2 spiro atoms. The van der Waals surface area contributed by atoms with Crippen LogP contribution in [0.15, 0.2) is 0 Å². The third kappa shape index (κ3) is 0.758. The summed E-state index contributed by atoms with van der Waals surface area (Å²) in [5, 5.41) is 0. The third-order valence-electron chi connectivity index (χ3n) is 15.9. The van der Waals surface area contributed by atoms with Crippen LogP contribution < -0.4 is 0 Å². The van der Waals surface area contributed by atoms with Crippen LogP contribution in [0, 0.1) is 93.7 Å². The molecule has 16 unspecified atom stereocenters. The second-order valence-electron chi connectivity index (χ2n) is 13.9. The molecule has 0 N–H and O–H groups in total. The van der Waals surface area contributed by atoms with Gasteiger partial charge in [0.25, 0.3) is 0 Å². The fourth-order valence-electron chi connectivity index (χ4n) is 17.9. The van der Waals surface area contributed by atoms with Crippen LogP contribution in [-0.2, 0) is 33.3 Å². The molecule has 13 rings (SSSR count). The zero-order valence-corrected chi connectivity index (χ0v) is 18.9. The molecular formula is C26H26O7. The third-order valence-corrected chi connectivity index (χ3v) is 15.9. The summed E-state index contributed by atoms with van der Waals surface area (Å²) in [6.07, 6.45) is 0. The second kappa shape index (κ2) is 3.55. The van der Waals surface area contributed by atoms with Gasteiger partial charge in [-0.1, -0.05) is 0 Å². The lowest BCUT2D eigenvalue weighted by Crippen LogP contribution is -2.61. The summed E-state index contributed by atoms with van der Waals surface area (Å²) in [6, 6.07) is 0. The molecule has 7 heteroatoms. The fraction of sp³-hybridized carbons (Fsp3) is 0.923. The first-order valence-corrected chi connectivity index (χ1v) is 13.0. The molecule has 0 aromatic heterocycles. The van der Waals surface area contributed by atoms with Crippen molar-refractivity contribution in [2.45, 2.75) is 22.4 Å². The monoisotopic (exact) mass is 450 g/mol. The van der Waals surface area contributed by atoms with E-state index in [0.29, 0.717) is 47.3 Å². The van der Waals surface area contributed by atoms with Gasteiger partial charge < -0.3 is 23.7 Å². The number of hydrogen-bond donors (Lipinski definition) is 0. The molecular weight excluding hydrogens is 424 g/mol. The minimum atomic E-state index is -0.592. The summed E-state index contributed by atoms with van der Waals surface area (Å²) in [7, 11) is 6.89. The number of carbonyl (C=O) groups excluding carboxylic acids is 2. The molecule has 1 heterocycles. The maximum Gasteiger partial charge on any atom is 0.315 e. The highest BCUT2D eigenvalue weighted by Gasteiger charge is 3.22. The Kier molecular flexibility index (Phi) is 1.78. The van der Waals surface area contributed by atoms with Crippen molar-refractivity contribution < 1.29 is 33.3 Å². The molecule has 172 valence electrons. The molecule has 12 saturated carbocycles. The van der Waals surface area contributed by atoms with E-state index in [1.165, 1.54) is 0 Å². The van der Waals surface area contributed by atoms with Crippen molar-refractivity contribution in [2.24, 2.45) is 93.7 Å². The highest BCUT2D eigenvalue weighted by molar-refractivity contribution is 5.91. The lowest BCUT2D eigenvalue weighted by molar-refractivity contribution is -0.201. The van der Waals surface area contributed by atoms with Gasteiger partial charge in [-0.2, -0.15) is 0 Å². The van der Waals surface area contributed by atoms with Gasteiger partial charge in [-0.3, -0.25) is 9.59 Å². The van der Waals surface area contributed by atoms with Crippen molar-refractivity contribution in [3.05, 3.63) is 0 Å². The molecule has 12 aliphatic carbocycles. The molecule has 0 bridgehead atoms. The smallest absolute Gasteiger partial charge is 0.315 e. The number of carbonyl (C=O) groups is 2. The van der Waals surface area contributed by atoms with Crippen LogP contribution in [0.5, 0.6) is 0 Å². The first kappa shape index (κ1) is 16.5. The van der Waals surface area contributed by atoms with Crippen LogP contribution in [0.4, 0.5) is 0 Å². The molecule has 0 aromatic rings. The Hall–Kier alpha value is -1.18. The van der Waals surface area contributed by atoms with Crippen LogP contribution in [-0.4, -0.2) is 62.8 Å². The summed E-state index contributed by atoms with van der Waals surface area (Å²) < 4.78 is 32.2. The van der Waals surface area contributed by atoms with Gasteiger partial charge in [0.1, 0.15) is 22.0 Å². The summed E-state index contributed by atoms with van der Waals surface area (Å²) in [5.74, 6) is 4.43. The average molecular weight is 450 g/mol. The van der Waals surface area contributed by atoms with E-state index in [9.17, 15) is 9.59 Å². The van der Waals surface area contributed by atoms with Crippen LogP contribution in [0.1, 0.15) is 0 Å². The van der Waals surface area contributed by atoms with Crippen molar-refractivity contribution >= 4 is 11.9 Å². The first-order chi connectivity index (χ1) is 16.0. The first-order valence-electron chi connectivity index (χ1n) is 13.0. The quantitative estimate of drug-likeness (QED) is 0.452. The van der Waals surface area contributed by atoms with Gasteiger partial charge >= 0.3 is 11.9 Å². The van der Waals surface area contributed by atoms with Gasteiger partial charge in [0, 0.05) is 37.9 Å². The molecule has 0 amide bonds. The fourth-order valence-corrected chi connectivity index (χ4v) is 17.9. The SMILES string of the molecule is COC(=O)C12C3C4C5C6C7C8C(C9%10OC9%11C8C6(OC)C6(C(=O)OC)C5C3C(C%101)C%116)C2(OC)C74. The molecule has 1 saturated heterocycles. The Labute approximate surface area is 190 Å². The Morgan fingerprint density at radius 1 is 0.576 bits per heavy atom. The maximum absolute atomic E-state index is 14.1. The van der Waals surface area contributed by atoms with Crippen molar-refractivity contribution in [1.82, 2.24) is 0 Å². The van der Waals surface area contributed by atoms with E-state index < -0.39 is 22.0 Å². The zero-order valence-electron chi connectivity index (χ0n) is 18.9. The summed E-state index contributed by atoms with van der Waals surface area (Å²) in [6.45, 7) is 0. The molecule has 1 aliphatic heterocycles. The largest absolute Gasteiger partial charge is 0.468 e. The summed E-state index contributed by atoms with van der Waals surface area (Å²) in [4.78, 5) is 28.3. The van der Waals surface area contributed by atoms with Gasteiger partial charge in [0.05, 0.1) is 25.4 Å². The normalized spacial score (nSPS) is 84.2. The van der Waals surface area contributed by atoms with Crippen molar-refractivity contribution in [1.29, 1.82) is 0 Å². The van der Waals surface area contributed by atoms with Gasteiger partial charge in [0.15, 0.2) is 0 Å². The van der Waals surface area contributed by atoms with E-state index in [0.717, 1.165) is 0 Å². The van der Waals surface area contributed by atoms with E-state index in [4.69, 9.17) is 23.7 Å². The van der Waals surface area contributed by atoms with Crippen LogP contribution in [0.2, 0.25) is 0 Å². The van der Waals surface area contributed by atoms with Crippen LogP contribution in [0.3, 0.4) is 0 Å². The number of esters is 2. The molecule has 7 nitrogen and oxygen atoms in total. The lowest BCUT2D eigenvalue weighted by Gasteiger charge is -2.49. The Morgan fingerprint density at radius 3 is 1.39 bits per heavy atom. The minimum absolute atomic E-state index is 0.0355. The van der Waals surface area contributed by atoms with E-state index in [-0.39, 0.29) is 58.6 Å². The van der Waals surface area contributed by atoms with E-state index in [2.05, 4.69) is 0 Å². The molecule has 0 aromatic carbocycles. The lowest BCUT2D eigenvalue weighted by atomic mass is 9.59. The van der Waals surface area contributed by atoms with Gasteiger partial charge in [-0.15, -0.1) is 0 Å². The van der Waals surface area contributed by atoms with E-state index >= 15 is 0 Å². The van der Waals surface area contributed by atoms with Crippen molar-refractivity contribution in [3.8, 4) is 0 Å². The molecule has 16 atom stereocenters. The zero-order chi connectivity index (χ0) is 21.8. The van der Waals surface area contributed by atoms with Crippen LogP contribution >= 0.6 is 0 Å². The minimum Gasteiger partial charge on any atom is -0.468 e. The topological polar surface area (TPSA) is 83.6 Å². The average Bonchev–Trinajstić information content (AvgIpc) is 3.54. The van der Waals surface area contributed by atoms with Gasteiger partial charge in [0.2, 0.25) is 0 Å². The molecule has 0 radical (unpaired) electrons. The van der Waals surface area contributed by atoms with Crippen LogP contribution in [0.25, 0.3) is 0 Å². The maximum atomic E-state index is 14.1. The van der Waals surface area contributed by atoms with E-state index in [1.54, 1.807) is 14.2 Å².